The second kappa shape index (κ2) is 6.97. The summed E-state index contributed by atoms with van der Waals surface area (Å²) in [6.07, 6.45) is 4.59. The van der Waals surface area contributed by atoms with Crippen LogP contribution in [0.2, 0.25) is 5.02 Å². The van der Waals surface area contributed by atoms with Gasteiger partial charge >= 0.3 is 11.2 Å². The van der Waals surface area contributed by atoms with E-state index >= 15 is 0 Å². The molecule has 5 rings (SSSR count). The highest BCUT2D eigenvalue weighted by atomic mass is 35.5. The summed E-state index contributed by atoms with van der Waals surface area (Å²) in [4.78, 5) is 30.9. The van der Waals surface area contributed by atoms with E-state index in [4.69, 9.17) is 16.0 Å². The lowest BCUT2D eigenvalue weighted by atomic mass is 10.2. The average Bonchev–Trinajstić information content (AvgIpc) is 3.37. The molecule has 4 aromatic heterocycles. The molecule has 0 amide bonds. The predicted octanol–water partition coefficient (Wildman–Crippen LogP) is 2.87. The Morgan fingerprint density at radius 3 is 2.77 bits per heavy atom. The number of aromatic nitrogens is 5. The Hall–Kier alpha value is -4.16. The van der Waals surface area contributed by atoms with Crippen LogP contribution in [-0.2, 0) is 13.6 Å². The summed E-state index contributed by atoms with van der Waals surface area (Å²) in [5.74, 6) is 0.318. The Labute approximate surface area is 179 Å². The molecule has 31 heavy (non-hydrogen) atoms. The summed E-state index contributed by atoms with van der Waals surface area (Å²) in [6.45, 7) is -0.272. The van der Waals surface area contributed by atoms with Gasteiger partial charge in [-0.1, -0.05) is 23.7 Å². The Balaban J connectivity index is 1.90. The number of hydrogen-bond acceptors (Lipinski definition) is 6. The third-order valence-corrected chi connectivity index (χ3v) is 5.38. The highest BCUT2D eigenvalue weighted by Crippen LogP contribution is 2.31. The van der Waals surface area contributed by atoms with E-state index in [9.17, 15) is 14.9 Å². The van der Waals surface area contributed by atoms with Gasteiger partial charge in [-0.15, -0.1) is 0 Å². The van der Waals surface area contributed by atoms with Gasteiger partial charge in [0.2, 0.25) is 5.58 Å². The largest absolute Gasteiger partial charge is 0.449 e. The summed E-state index contributed by atoms with van der Waals surface area (Å²) in [6, 6.07) is 10.5. The van der Waals surface area contributed by atoms with Crippen molar-refractivity contribution in [2.45, 2.75) is 6.54 Å². The number of nitriles is 1. The van der Waals surface area contributed by atoms with Crippen molar-refractivity contribution < 1.29 is 4.42 Å². The van der Waals surface area contributed by atoms with E-state index in [1.54, 1.807) is 54.5 Å². The molecule has 0 N–H and O–H groups in total. The van der Waals surface area contributed by atoms with E-state index in [0.29, 0.717) is 27.2 Å². The van der Waals surface area contributed by atoms with Gasteiger partial charge < -0.3 is 4.42 Å². The van der Waals surface area contributed by atoms with Crippen LogP contribution in [0.3, 0.4) is 0 Å². The van der Waals surface area contributed by atoms with Crippen LogP contribution in [0.5, 0.6) is 0 Å². The van der Waals surface area contributed by atoms with Gasteiger partial charge in [0.25, 0.3) is 0 Å². The normalized spacial score (nSPS) is 11.3. The van der Waals surface area contributed by atoms with Crippen LogP contribution in [-0.4, -0.2) is 23.9 Å². The minimum Gasteiger partial charge on any atom is -0.449 e. The van der Waals surface area contributed by atoms with Gasteiger partial charge in [0.15, 0.2) is 0 Å². The highest BCUT2D eigenvalue weighted by Gasteiger charge is 2.22. The molecule has 0 aliphatic rings. The van der Waals surface area contributed by atoms with Gasteiger partial charge in [-0.05, 0) is 12.1 Å². The van der Waals surface area contributed by atoms with Crippen molar-refractivity contribution in [3.05, 3.63) is 74.8 Å². The van der Waals surface area contributed by atoms with Gasteiger partial charge in [0, 0.05) is 30.3 Å². The second-order valence-electron chi connectivity index (χ2n) is 6.84. The SMILES string of the molecule is Cn1ncc2cncc(-n3c(=O)c4oc(-c5ccccc5Cl)cc4n(CC#N)c3=O)c21. The zero-order chi connectivity index (χ0) is 21.7. The quantitative estimate of drug-likeness (QED) is 0.433. The molecule has 1 aromatic carbocycles. The number of aryl methyl sites for hydroxylation is 1. The highest BCUT2D eigenvalue weighted by molar-refractivity contribution is 6.33. The minimum absolute atomic E-state index is 0.0658. The van der Waals surface area contributed by atoms with Crippen molar-refractivity contribution >= 4 is 33.6 Å². The van der Waals surface area contributed by atoms with Crippen molar-refractivity contribution in [1.29, 1.82) is 5.26 Å². The van der Waals surface area contributed by atoms with E-state index in [1.165, 1.54) is 10.8 Å². The van der Waals surface area contributed by atoms with Crippen LogP contribution in [0.25, 0.3) is 39.0 Å². The molecule has 10 heteroatoms. The first-order valence-electron chi connectivity index (χ1n) is 9.18. The zero-order valence-corrected chi connectivity index (χ0v) is 16.9. The summed E-state index contributed by atoms with van der Waals surface area (Å²) < 4.78 is 9.56. The van der Waals surface area contributed by atoms with Crippen LogP contribution in [0.15, 0.2) is 62.9 Å². The lowest BCUT2D eigenvalue weighted by molar-refractivity contribution is 0.613. The molecule has 4 heterocycles. The number of fused-ring (bicyclic) bond motifs is 2. The summed E-state index contributed by atoms with van der Waals surface area (Å²) >= 11 is 6.27. The summed E-state index contributed by atoms with van der Waals surface area (Å²) in [5.41, 5.74) is 0.172. The molecule has 0 saturated carbocycles. The van der Waals surface area contributed by atoms with E-state index in [2.05, 4.69) is 10.1 Å². The van der Waals surface area contributed by atoms with Crippen LogP contribution < -0.4 is 11.2 Å². The Morgan fingerprint density at radius 1 is 1.19 bits per heavy atom. The summed E-state index contributed by atoms with van der Waals surface area (Å²) in [5, 5.41) is 14.6. The average molecular weight is 433 g/mol. The molecule has 5 aromatic rings. The van der Waals surface area contributed by atoms with Crippen molar-refractivity contribution in [3.8, 4) is 23.1 Å². The molecule has 0 unspecified atom stereocenters. The van der Waals surface area contributed by atoms with Gasteiger partial charge in [0.05, 0.1) is 40.2 Å². The number of halogens is 1. The maximum Gasteiger partial charge on any atom is 0.337 e. The monoisotopic (exact) mass is 432 g/mol. The van der Waals surface area contributed by atoms with E-state index in [0.717, 1.165) is 4.57 Å². The maximum atomic E-state index is 13.4. The van der Waals surface area contributed by atoms with E-state index < -0.39 is 11.2 Å². The fraction of sp³-hybridized carbons (Fsp3) is 0.0952. The van der Waals surface area contributed by atoms with Crippen LogP contribution in [0.1, 0.15) is 0 Å². The molecule has 0 radical (unpaired) electrons. The van der Waals surface area contributed by atoms with Crippen LogP contribution in [0.4, 0.5) is 0 Å². The molecule has 0 atom stereocenters. The number of pyridine rings is 1. The van der Waals surface area contributed by atoms with E-state index in [-0.39, 0.29) is 23.3 Å². The van der Waals surface area contributed by atoms with Gasteiger partial charge in [-0.3, -0.25) is 19.0 Å². The van der Waals surface area contributed by atoms with Gasteiger partial charge in [0.1, 0.15) is 12.3 Å². The topological polar surface area (TPSA) is 112 Å². The number of rotatable bonds is 3. The molecule has 0 fully saturated rings. The third kappa shape index (κ3) is 2.77. The molecule has 0 aliphatic heterocycles. The first-order valence-corrected chi connectivity index (χ1v) is 9.56. The van der Waals surface area contributed by atoms with Crippen LogP contribution in [0, 0.1) is 11.3 Å². The molecule has 0 saturated heterocycles. The molecule has 0 aliphatic carbocycles. The second-order valence-corrected chi connectivity index (χ2v) is 7.24. The third-order valence-electron chi connectivity index (χ3n) is 5.05. The predicted molar refractivity (Wildman–Crippen MR) is 114 cm³/mol. The molecule has 9 nitrogen and oxygen atoms in total. The molecular formula is C21H13ClN6O3. The van der Waals surface area contributed by atoms with Crippen LogP contribution >= 0.6 is 11.6 Å². The molecule has 0 spiro atoms. The molecular weight excluding hydrogens is 420 g/mol. The lowest BCUT2D eigenvalue weighted by Crippen LogP contribution is -2.38. The molecule has 152 valence electrons. The standard InChI is InChI=1S/C21H13ClN6O3/c1-26-18-12(10-25-26)9-24-11-16(18)28-20(29)19-15(27(7-6-23)21(28)30)8-17(31-19)13-4-2-3-5-14(13)22/h2-5,8-11H,7H2,1H3. The number of nitrogens with zero attached hydrogens (tertiary/aromatic N) is 6. The fourth-order valence-corrected chi connectivity index (χ4v) is 3.88. The van der Waals surface area contributed by atoms with Gasteiger partial charge in [-0.25, -0.2) is 9.36 Å². The van der Waals surface area contributed by atoms with Crippen molar-refractivity contribution in [2.75, 3.05) is 0 Å². The molecule has 0 bridgehead atoms. The van der Waals surface area contributed by atoms with Crippen molar-refractivity contribution in [3.63, 3.8) is 0 Å². The first-order chi connectivity index (χ1) is 15.0. The fourth-order valence-electron chi connectivity index (χ4n) is 3.65. The Bertz CT molecular complexity index is 1650. The zero-order valence-electron chi connectivity index (χ0n) is 16.1. The number of furan rings is 1. The lowest BCUT2D eigenvalue weighted by Gasteiger charge is -2.10. The summed E-state index contributed by atoms with van der Waals surface area (Å²) in [7, 11) is 1.70. The maximum absolute atomic E-state index is 13.4. The Morgan fingerprint density at radius 2 is 2.00 bits per heavy atom. The van der Waals surface area contributed by atoms with Crippen molar-refractivity contribution in [2.24, 2.45) is 7.05 Å². The minimum atomic E-state index is -0.680. The number of hydrogen-bond donors (Lipinski definition) is 0. The Kier molecular flexibility index (Phi) is 4.23. The van der Waals surface area contributed by atoms with Crippen molar-refractivity contribution in [1.82, 2.24) is 23.9 Å². The first kappa shape index (κ1) is 18.8. The number of benzene rings is 1. The smallest absolute Gasteiger partial charge is 0.337 e. The van der Waals surface area contributed by atoms with E-state index in [1.807, 2.05) is 6.07 Å². The van der Waals surface area contributed by atoms with Gasteiger partial charge in [-0.2, -0.15) is 10.4 Å².